The van der Waals surface area contributed by atoms with Crippen LogP contribution >= 0.6 is 0 Å². The number of carboxylic acids is 1. The van der Waals surface area contributed by atoms with Crippen LogP contribution in [-0.2, 0) is 16.2 Å². The van der Waals surface area contributed by atoms with Crippen LogP contribution in [0, 0.1) is 0 Å². The number of aliphatic carboxylic acids is 1. The molecule has 1 N–H and O–H groups in total. The van der Waals surface area contributed by atoms with Gasteiger partial charge >= 0.3 is 5.97 Å². The molecule has 2 aromatic rings. The fourth-order valence-electron chi connectivity index (χ4n) is 1.85. The van der Waals surface area contributed by atoms with Crippen LogP contribution in [0.3, 0.4) is 0 Å². The molecule has 0 amide bonds. The number of carbonyl (C=O) groups is 1. The van der Waals surface area contributed by atoms with E-state index < -0.39 is 5.97 Å². The number of hydrogen-bond acceptors (Lipinski definition) is 4. The summed E-state index contributed by atoms with van der Waals surface area (Å²) in [7, 11) is 1.31. The van der Waals surface area contributed by atoms with E-state index in [1.54, 1.807) is 18.2 Å². The number of rotatable bonds is 6. The van der Waals surface area contributed by atoms with Crippen LogP contribution in [0.4, 0.5) is 0 Å². The van der Waals surface area contributed by atoms with Gasteiger partial charge in [-0.3, -0.25) is 0 Å². The van der Waals surface area contributed by atoms with Crippen molar-refractivity contribution in [2.75, 3.05) is 7.11 Å². The Bertz CT molecular complexity index is 638. The highest BCUT2D eigenvalue weighted by atomic mass is 16.6. The molecule has 0 saturated heterocycles. The maximum atomic E-state index is 11.3. The first-order valence-electron chi connectivity index (χ1n) is 6.33. The third kappa shape index (κ3) is 3.82. The average molecular weight is 285 g/mol. The second-order valence-electron chi connectivity index (χ2n) is 4.19. The van der Waals surface area contributed by atoms with E-state index in [1.165, 1.54) is 7.11 Å². The number of carboxylic acid groups (broad SMARTS) is 1. The normalized spacial score (nSPS) is 11.0. The molecule has 0 bridgehead atoms. The van der Waals surface area contributed by atoms with Crippen molar-refractivity contribution in [1.82, 2.24) is 0 Å². The largest absolute Gasteiger partial charge is 0.489 e. The van der Waals surface area contributed by atoms with Gasteiger partial charge in [0.15, 0.2) is 5.71 Å². The topological polar surface area (TPSA) is 68.1 Å². The minimum atomic E-state index is -1.15. The maximum absolute atomic E-state index is 11.3. The average Bonchev–Trinajstić information content (AvgIpc) is 2.52. The highest BCUT2D eigenvalue weighted by Crippen LogP contribution is 2.15. The van der Waals surface area contributed by atoms with Crippen LogP contribution in [-0.4, -0.2) is 23.9 Å². The fourth-order valence-corrected chi connectivity index (χ4v) is 1.85. The second kappa shape index (κ2) is 7.09. The van der Waals surface area contributed by atoms with E-state index in [9.17, 15) is 9.90 Å². The molecule has 0 aromatic heterocycles. The van der Waals surface area contributed by atoms with Gasteiger partial charge in [-0.15, -0.1) is 0 Å². The lowest BCUT2D eigenvalue weighted by molar-refractivity contribution is -0.129. The first-order valence-corrected chi connectivity index (χ1v) is 6.33. The molecule has 0 spiro atoms. The summed E-state index contributed by atoms with van der Waals surface area (Å²) >= 11 is 0. The van der Waals surface area contributed by atoms with Gasteiger partial charge in [-0.2, -0.15) is 0 Å². The molecular formula is C16H15NO4. The van der Waals surface area contributed by atoms with Crippen molar-refractivity contribution in [1.29, 1.82) is 0 Å². The summed E-state index contributed by atoms with van der Waals surface area (Å²) in [6, 6.07) is 16.4. The van der Waals surface area contributed by atoms with Gasteiger partial charge in [-0.1, -0.05) is 47.6 Å². The van der Waals surface area contributed by atoms with Gasteiger partial charge in [0, 0.05) is 5.56 Å². The highest BCUT2D eigenvalue weighted by Gasteiger charge is 2.17. The fraction of sp³-hybridized carbons (Fsp3) is 0.125. The monoisotopic (exact) mass is 285 g/mol. The number of oxime groups is 1. The molecule has 0 saturated carbocycles. The SMILES string of the molecule is CO/N=C(/C(=O)O)c1ccccc1COc1ccccc1. The van der Waals surface area contributed by atoms with Crippen molar-refractivity contribution in [3.8, 4) is 5.75 Å². The van der Waals surface area contributed by atoms with Gasteiger partial charge in [-0.25, -0.2) is 4.79 Å². The Morgan fingerprint density at radius 1 is 1.10 bits per heavy atom. The van der Waals surface area contributed by atoms with E-state index in [0.29, 0.717) is 11.3 Å². The zero-order valence-electron chi connectivity index (χ0n) is 11.5. The summed E-state index contributed by atoms with van der Waals surface area (Å²) in [6.07, 6.45) is 0. The van der Waals surface area contributed by atoms with Crippen LogP contribution < -0.4 is 4.74 Å². The van der Waals surface area contributed by atoms with Crippen molar-refractivity contribution >= 4 is 11.7 Å². The molecule has 21 heavy (non-hydrogen) atoms. The minimum Gasteiger partial charge on any atom is -0.489 e. The molecule has 0 heterocycles. The molecule has 0 fully saturated rings. The molecule has 0 aliphatic rings. The lowest BCUT2D eigenvalue weighted by Gasteiger charge is -2.10. The number of hydrogen-bond donors (Lipinski definition) is 1. The number of nitrogens with zero attached hydrogens (tertiary/aromatic N) is 1. The summed E-state index contributed by atoms with van der Waals surface area (Å²) in [6.45, 7) is 0.246. The van der Waals surface area contributed by atoms with Crippen LogP contribution in [0.2, 0.25) is 0 Å². The molecule has 2 aromatic carbocycles. The van der Waals surface area contributed by atoms with E-state index in [2.05, 4.69) is 9.99 Å². The Hall–Kier alpha value is -2.82. The molecule has 5 heteroatoms. The molecule has 0 unspecified atom stereocenters. The van der Waals surface area contributed by atoms with Gasteiger partial charge < -0.3 is 14.7 Å². The standard InChI is InChI=1S/C16H15NO4/c1-20-17-15(16(18)19)14-10-6-5-7-12(14)11-21-13-8-3-2-4-9-13/h2-10H,11H2,1H3,(H,18,19)/b17-15+. The Labute approximate surface area is 122 Å². The van der Waals surface area contributed by atoms with Crippen LogP contribution in [0.5, 0.6) is 5.75 Å². The third-order valence-corrected chi connectivity index (χ3v) is 2.80. The summed E-state index contributed by atoms with van der Waals surface area (Å²) in [5.41, 5.74) is 1.05. The molecule has 108 valence electrons. The van der Waals surface area contributed by atoms with E-state index in [1.807, 2.05) is 36.4 Å². The molecule has 5 nitrogen and oxygen atoms in total. The van der Waals surface area contributed by atoms with Crippen molar-refractivity contribution in [3.63, 3.8) is 0 Å². The number of para-hydroxylation sites is 1. The van der Waals surface area contributed by atoms with Crippen molar-refractivity contribution in [3.05, 3.63) is 65.7 Å². The summed E-state index contributed by atoms with van der Waals surface area (Å²) in [5, 5.41) is 12.8. The number of ether oxygens (including phenoxy) is 1. The van der Waals surface area contributed by atoms with Gasteiger partial charge in [0.25, 0.3) is 0 Å². The van der Waals surface area contributed by atoms with Crippen molar-refractivity contribution in [2.24, 2.45) is 5.16 Å². The first-order chi connectivity index (χ1) is 10.2. The Balaban J connectivity index is 2.24. The van der Waals surface area contributed by atoms with Crippen molar-refractivity contribution in [2.45, 2.75) is 6.61 Å². The van der Waals surface area contributed by atoms with Crippen LogP contribution in [0.25, 0.3) is 0 Å². The smallest absolute Gasteiger partial charge is 0.358 e. The van der Waals surface area contributed by atoms with E-state index in [0.717, 1.165) is 5.56 Å². The predicted molar refractivity (Wildman–Crippen MR) is 78.4 cm³/mol. The number of benzene rings is 2. The van der Waals surface area contributed by atoms with Gasteiger partial charge in [0.2, 0.25) is 0 Å². The van der Waals surface area contributed by atoms with Gasteiger partial charge in [0.05, 0.1) is 0 Å². The quantitative estimate of drug-likeness (QED) is 0.654. The van der Waals surface area contributed by atoms with Crippen LogP contribution in [0.15, 0.2) is 59.8 Å². The highest BCUT2D eigenvalue weighted by molar-refractivity contribution is 6.42. The van der Waals surface area contributed by atoms with Crippen LogP contribution in [0.1, 0.15) is 11.1 Å². The van der Waals surface area contributed by atoms with E-state index in [4.69, 9.17) is 4.74 Å². The maximum Gasteiger partial charge on any atom is 0.358 e. The molecule has 2 rings (SSSR count). The Morgan fingerprint density at radius 3 is 2.43 bits per heavy atom. The zero-order chi connectivity index (χ0) is 15.1. The van der Waals surface area contributed by atoms with E-state index >= 15 is 0 Å². The van der Waals surface area contributed by atoms with Gasteiger partial charge in [-0.05, 0) is 17.7 Å². The lowest BCUT2D eigenvalue weighted by Crippen LogP contribution is -2.17. The predicted octanol–water partition coefficient (Wildman–Crippen LogP) is 2.70. The Kier molecular flexibility index (Phi) is 4.93. The molecule has 0 aliphatic heterocycles. The van der Waals surface area contributed by atoms with E-state index in [-0.39, 0.29) is 12.3 Å². The lowest BCUT2D eigenvalue weighted by atomic mass is 10.0. The molecule has 0 aliphatic carbocycles. The summed E-state index contributed by atoms with van der Waals surface area (Å²) < 4.78 is 5.65. The van der Waals surface area contributed by atoms with Gasteiger partial charge in [0.1, 0.15) is 19.5 Å². The zero-order valence-corrected chi connectivity index (χ0v) is 11.5. The third-order valence-electron chi connectivity index (χ3n) is 2.80. The molecular weight excluding hydrogens is 270 g/mol. The first kappa shape index (κ1) is 14.6. The summed E-state index contributed by atoms with van der Waals surface area (Å²) in [5.74, 6) is -0.433. The molecule has 0 atom stereocenters. The van der Waals surface area contributed by atoms with Crippen molar-refractivity contribution < 1.29 is 19.5 Å². The minimum absolute atomic E-state index is 0.148. The molecule has 0 radical (unpaired) electrons. The Morgan fingerprint density at radius 2 is 1.76 bits per heavy atom. The summed E-state index contributed by atoms with van der Waals surface area (Å²) in [4.78, 5) is 15.9. The second-order valence-corrected chi connectivity index (χ2v) is 4.19.